The molecule has 0 unspecified atom stereocenters. The molecule has 9 heavy (non-hydrogen) atoms. The van der Waals surface area contributed by atoms with Gasteiger partial charge in [0.25, 0.3) is 0 Å². The van der Waals surface area contributed by atoms with Crippen LogP contribution in [0.1, 0.15) is 12.8 Å². The highest BCUT2D eigenvalue weighted by molar-refractivity contribution is 7.80. The van der Waals surface area contributed by atoms with Crippen molar-refractivity contribution in [3.8, 4) is 0 Å². The Morgan fingerprint density at radius 3 is 2.78 bits per heavy atom. The van der Waals surface area contributed by atoms with Gasteiger partial charge in [0, 0.05) is 6.04 Å². The smallest absolute Gasteiger partial charge is 0.184 e. The molecule has 1 saturated carbocycles. The SMILES string of the molecule is S=C1NNCN1C1CC1. The van der Waals surface area contributed by atoms with E-state index in [0.29, 0.717) is 0 Å². The van der Waals surface area contributed by atoms with Crippen molar-refractivity contribution in [2.45, 2.75) is 18.9 Å². The van der Waals surface area contributed by atoms with Crippen molar-refractivity contribution in [1.82, 2.24) is 15.8 Å². The van der Waals surface area contributed by atoms with Gasteiger partial charge in [0.15, 0.2) is 5.11 Å². The molecule has 1 aliphatic carbocycles. The van der Waals surface area contributed by atoms with E-state index in [0.717, 1.165) is 17.8 Å². The molecule has 0 aromatic carbocycles. The molecule has 1 heterocycles. The molecule has 2 aliphatic rings. The monoisotopic (exact) mass is 143 g/mol. The highest BCUT2D eigenvalue weighted by Gasteiger charge is 2.32. The standard InChI is InChI=1S/C5H9N3S/c9-5-7-6-3-8(5)4-1-2-4/h4,6H,1-3H2,(H,7,9). The molecule has 0 aromatic rings. The first-order valence-electron chi connectivity index (χ1n) is 3.17. The molecule has 1 aliphatic heterocycles. The topological polar surface area (TPSA) is 27.3 Å². The van der Waals surface area contributed by atoms with E-state index in [2.05, 4.69) is 15.8 Å². The van der Waals surface area contributed by atoms with Gasteiger partial charge >= 0.3 is 0 Å². The minimum absolute atomic E-state index is 0.736. The van der Waals surface area contributed by atoms with Crippen LogP contribution in [0.2, 0.25) is 0 Å². The number of hydrazine groups is 1. The van der Waals surface area contributed by atoms with E-state index < -0.39 is 0 Å². The Morgan fingerprint density at radius 1 is 1.56 bits per heavy atom. The second kappa shape index (κ2) is 1.82. The molecule has 2 N–H and O–H groups in total. The van der Waals surface area contributed by atoms with Gasteiger partial charge in [0.05, 0.1) is 6.67 Å². The summed E-state index contributed by atoms with van der Waals surface area (Å²) in [6.07, 6.45) is 2.62. The lowest BCUT2D eigenvalue weighted by molar-refractivity contribution is 0.428. The van der Waals surface area contributed by atoms with E-state index >= 15 is 0 Å². The first-order valence-corrected chi connectivity index (χ1v) is 3.58. The maximum Gasteiger partial charge on any atom is 0.184 e. The number of nitrogens with zero attached hydrogens (tertiary/aromatic N) is 1. The van der Waals surface area contributed by atoms with Gasteiger partial charge in [-0.3, -0.25) is 5.43 Å². The minimum atomic E-state index is 0.736. The van der Waals surface area contributed by atoms with Crippen LogP contribution >= 0.6 is 12.2 Å². The molecule has 0 radical (unpaired) electrons. The summed E-state index contributed by atoms with van der Waals surface area (Å²) in [5, 5.41) is 0.859. The average molecular weight is 143 g/mol. The van der Waals surface area contributed by atoms with Crippen LogP contribution < -0.4 is 10.9 Å². The number of thiocarbonyl (C=S) groups is 1. The van der Waals surface area contributed by atoms with E-state index in [4.69, 9.17) is 12.2 Å². The van der Waals surface area contributed by atoms with Crippen molar-refractivity contribution in [3.05, 3.63) is 0 Å². The Balaban J connectivity index is 2.01. The van der Waals surface area contributed by atoms with E-state index in [1.165, 1.54) is 12.8 Å². The van der Waals surface area contributed by atoms with Gasteiger partial charge in [-0.15, -0.1) is 0 Å². The van der Waals surface area contributed by atoms with E-state index in [1.54, 1.807) is 0 Å². The van der Waals surface area contributed by atoms with E-state index in [-0.39, 0.29) is 0 Å². The molecule has 0 spiro atoms. The molecule has 0 atom stereocenters. The Bertz CT molecular complexity index is 143. The molecule has 1 saturated heterocycles. The zero-order valence-electron chi connectivity index (χ0n) is 5.05. The average Bonchev–Trinajstić information content (AvgIpc) is 2.58. The Labute approximate surface area is 59.4 Å². The molecule has 2 rings (SSSR count). The summed E-state index contributed by atoms with van der Waals surface area (Å²) in [7, 11) is 0. The summed E-state index contributed by atoms with van der Waals surface area (Å²) in [6.45, 7) is 0.878. The quantitative estimate of drug-likeness (QED) is 0.497. The first kappa shape index (κ1) is 5.44. The van der Waals surface area contributed by atoms with Crippen molar-refractivity contribution in [2.75, 3.05) is 6.67 Å². The van der Waals surface area contributed by atoms with Crippen molar-refractivity contribution in [2.24, 2.45) is 0 Å². The second-order valence-corrected chi connectivity index (χ2v) is 2.85. The highest BCUT2D eigenvalue weighted by atomic mass is 32.1. The van der Waals surface area contributed by atoms with Crippen molar-refractivity contribution in [3.63, 3.8) is 0 Å². The maximum atomic E-state index is 5.01. The van der Waals surface area contributed by atoms with Crippen molar-refractivity contribution < 1.29 is 0 Å². The molecule has 0 aromatic heterocycles. The molecule has 4 heteroatoms. The van der Waals surface area contributed by atoms with Crippen LogP contribution in [0.5, 0.6) is 0 Å². The molecule has 0 bridgehead atoms. The van der Waals surface area contributed by atoms with E-state index in [1.807, 2.05) is 0 Å². The third kappa shape index (κ3) is 0.881. The highest BCUT2D eigenvalue weighted by Crippen LogP contribution is 2.26. The fourth-order valence-electron chi connectivity index (χ4n) is 1.03. The first-order chi connectivity index (χ1) is 4.38. The van der Waals surface area contributed by atoms with Crippen LogP contribution in [-0.4, -0.2) is 22.7 Å². The van der Waals surface area contributed by atoms with Crippen LogP contribution in [0.15, 0.2) is 0 Å². The summed E-state index contributed by atoms with van der Waals surface area (Å²) in [5.41, 5.74) is 5.88. The Hall–Kier alpha value is -0.350. The van der Waals surface area contributed by atoms with Crippen LogP contribution in [0.25, 0.3) is 0 Å². The summed E-state index contributed by atoms with van der Waals surface area (Å²) in [4.78, 5) is 2.19. The number of nitrogens with one attached hydrogen (secondary N) is 2. The fraction of sp³-hybridized carbons (Fsp3) is 0.800. The van der Waals surface area contributed by atoms with Gasteiger partial charge in [0.1, 0.15) is 0 Å². The van der Waals surface area contributed by atoms with Crippen LogP contribution in [0.4, 0.5) is 0 Å². The lowest BCUT2D eigenvalue weighted by Gasteiger charge is -2.12. The van der Waals surface area contributed by atoms with Gasteiger partial charge in [-0.1, -0.05) is 0 Å². The maximum absolute atomic E-state index is 5.01. The Kier molecular flexibility index (Phi) is 1.10. The van der Waals surface area contributed by atoms with Gasteiger partial charge in [-0.05, 0) is 25.1 Å². The van der Waals surface area contributed by atoms with Gasteiger partial charge < -0.3 is 4.90 Å². The van der Waals surface area contributed by atoms with Crippen molar-refractivity contribution in [1.29, 1.82) is 0 Å². The third-order valence-corrected chi connectivity index (χ3v) is 2.03. The predicted molar refractivity (Wildman–Crippen MR) is 38.6 cm³/mol. The predicted octanol–water partition coefficient (Wildman–Crippen LogP) is -0.199. The normalized spacial score (nSPS) is 26.7. The molecular formula is C5H9N3S. The van der Waals surface area contributed by atoms with Gasteiger partial charge in [-0.2, -0.15) is 0 Å². The van der Waals surface area contributed by atoms with Crippen LogP contribution in [-0.2, 0) is 0 Å². The summed E-state index contributed by atoms with van der Waals surface area (Å²) < 4.78 is 0. The fourth-order valence-corrected chi connectivity index (χ4v) is 1.31. The summed E-state index contributed by atoms with van der Waals surface area (Å²) in [5.74, 6) is 0. The lowest BCUT2D eigenvalue weighted by Crippen LogP contribution is -2.29. The molecule has 3 nitrogen and oxygen atoms in total. The van der Waals surface area contributed by atoms with Crippen molar-refractivity contribution >= 4 is 17.3 Å². The largest absolute Gasteiger partial charge is 0.331 e. The van der Waals surface area contributed by atoms with E-state index in [9.17, 15) is 0 Å². The number of hydrogen-bond donors (Lipinski definition) is 2. The van der Waals surface area contributed by atoms with Gasteiger partial charge in [-0.25, -0.2) is 5.43 Å². The third-order valence-electron chi connectivity index (χ3n) is 1.69. The number of rotatable bonds is 1. The lowest BCUT2D eigenvalue weighted by atomic mass is 10.6. The molecule has 2 fully saturated rings. The van der Waals surface area contributed by atoms with Crippen LogP contribution in [0.3, 0.4) is 0 Å². The summed E-state index contributed by atoms with van der Waals surface area (Å²) in [6, 6.07) is 0.736. The molecule has 50 valence electrons. The van der Waals surface area contributed by atoms with Gasteiger partial charge in [0.2, 0.25) is 0 Å². The minimum Gasteiger partial charge on any atom is -0.331 e. The second-order valence-electron chi connectivity index (χ2n) is 2.47. The zero-order valence-corrected chi connectivity index (χ0v) is 5.87. The summed E-state index contributed by atoms with van der Waals surface area (Å²) >= 11 is 5.01. The zero-order chi connectivity index (χ0) is 6.27. The van der Waals surface area contributed by atoms with Crippen LogP contribution in [0, 0.1) is 0 Å². The molecular weight excluding hydrogens is 134 g/mol. The Morgan fingerprint density at radius 2 is 2.33 bits per heavy atom. The molecule has 0 amide bonds. The number of hydrogen-bond acceptors (Lipinski definition) is 2.